The number of imidazole rings is 1. The number of hydrogen-bond donors (Lipinski definition) is 3. The van der Waals surface area contributed by atoms with Crippen molar-refractivity contribution in [2.24, 2.45) is 0 Å². The molecule has 2 aromatic heterocycles. The molecule has 3 N–H and O–H groups in total. The normalized spacial score (nSPS) is 13.6. The molecule has 0 fully saturated rings. The summed E-state index contributed by atoms with van der Waals surface area (Å²) >= 11 is 5.96. The Kier molecular flexibility index (Phi) is 3.86. The maximum absolute atomic E-state index is 11.2. The Morgan fingerprint density at radius 2 is 2.15 bits per heavy atom. The van der Waals surface area contributed by atoms with E-state index in [-0.39, 0.29) is 16.4 Å². The molecule has 0 radical (unpaired) electrons. The van der Waals surface area contributed by atoms with Crippen molar-refractivity contribution in [3.05, 3.63) is 29.0 Å². The van der Waals surface area contributed by atoms with Crippen molar-refractivity contribution in [1.29, 1.82) is 0 Å². The molecule has 2 rings (SSSR count). The second kappa shape index (κ2) is 5.16. The van der Waals surface area contributed by atoms with Crippen LogP contribution in [0, 0.1) is 0 Å². The SMILES string of the molecule is COC(C(=O)O)c1c(Cl)ccc2nc(P(=O)(O)O)cn12. The van der Waals surface area contributed by atoms with Crippen molar-refractivity contribution in [2.75, 3.05) is 7.11 Å². The topological polar surface area (TPSA) is 121 Å². The Balaban J connectivity index is 2.76. The molecule has 0 spiro atoms. The van der Waals surface area contributed by atoms with Crippen LogP contribution in [-0.2, 0) is 14.1 Å². The first kappa shape index (κ1) is 15.0. The average Bonchev–Trinajstić information content (AvgIpc) is 2.76. The zero-order chi connectivity index (χ0) is 15.1. The van der Waals surface area contributed by atoms with Crippen LogP contribution in [0.15, 0.2) is 18.3 Å². The predicted octanol–water partition coefficient (Wildman–Crippen LogP) is 0.563. The van der Waals surface area contributed by atoms with Crippen molar-refractivity contribution in [3.8, 4) is 0 Å². The van der Waals surface area contributed by atoms with Crippen LogP contribution in [0.4, 0.5) is 0 Å². The number of nitrogens with zero attached hydrogens (tertiary/aromatic N) is 2. The summed E-state index contributed by atoms with van der Waals surface area (Å²) in [5.41, 5.74) is -0.279. The minimum atomic E-state index is -4.55. The Morgan fingerprint density at radius 1 is 1.50 bits per heavy atom. The summed E-state index contributed by atoms with van der Waals surface area (Å²) in [5, 5.41) is 9.19. The van der Waals surface area contributed by atoms with E-state index in [0.29, 0.717) is 0 Å². The van der Waals surface area contributed by atoms with Gasteiger partial charge in [-0.1, -0.05) is 11.6 Å². The lowest BCUT2D eigenvalue weighted by atomic mass is 10.2. The van der Waals surface area contributed by atoms with Crippen LogP contribution < -0.4 is 5.44 Å². The number of fused-ring (bicyclic) bond motifs is 1. The van der Waals surface area contributed by atoms with Crippen LogP contribution in [-0.4, -0.2) is 37.4 Å². The van der Waals surface area contributed by atoms with Gasteiger partial charge in [-0.15, -0.1) is 0 Å². The number of aliphatic carboxylic acids is 1. The highest BCUT2D eigenvalue weighted by atomic mass is 35.5. The molecule has 0 saturated heterocycles. The minimum absolute atomic E-state index is 0.0337. The molecule has 2 aromatic rings. The Bertz CT molecular complexity index is 724. The van der Waals surface area contributed by atoms with E-state index in [9.17, 15) is 9.36 Å². The number of hydrogen-bond acceptors (Lipinski definition) is 4. The van der Waals surface area contributed by atoms with Gasteiger partial charge in [0.05, 0.1) is 10.7 Å². The molecule has 0 saturated carbocycles. The van der Waals surface area contributed by atoms with Gasteiger partial charge < -0.3 is 19.6 Å². The summed E-state index contributed by atoms with van der Waals surface area (Å²) in [6.45, 7) is 0. The van der Waals surface area contributed by atoms with Gasteiger partial charge >= 0.3 is 13.6 Å². The number of carboxylic acids is 1. The van der Waals surface area contributed by atoms with Crippen LogP contribution in [0.25, 0.3) is 5.65 Å². The van der Waals surface area contributed by atoms with Gasteiger partial charge in [0.1, 0.15) is 5.65 Å². The smallest absolute Gasteiger partial charge is 0.376 e. The van der Waals surface area contributed by atoms with Gasteiger partial charge in [-0.3, -0.25) is 8.97 Å². The third kappa shape index (κ3) is 2.56. The molecule has 20 heavy (non-hydrogen) atoms. The van der Waals surface area contributed by atoms with Crippen molar-refractivity contribution in [3.63, 3.8) is 0 Å². The van der Waals surface area contributed by atoms with Crippen LogP contribution in [0.5, 0.6) is 0 Å². The number of pyridine rings is 1. The number of carboxylic acid groups (broad SMARTS) is 1. The Morgan fingerprint density at radius 3 is 2.65 bits per heavy atom. The van der Waals surface area contributed by atoms with Gasteiger partial charge in [0, 0.05) is 13.3 Å². The lowest BCUT2D eigenvalue weighted by molar-refractivity contribution is -0.149. The maximum atomic E-state index is 11.2. The van der Waals surface area contributed by atoms with E-state index in [0.717, 1.165) is 6.20 Å². The fourth-order valence-electron chi connectivity index (χ4n) is 1.76. The molecular formula is C10H10ClN2O6P. The second-order valence-electron chi connectivity index (χ2n) is 3.89. The average molecular weight is 321 g/mol. The Hall–Kier alpha value is -1.44. The maximum Gasteiger partial charge on any atom is 0.376 e. The first-order valence-corrected chi connectivity index (χ1v) is 7.24. The highest BCUT2D eigenvalue weighted by Crippen LogP contribution is 2.34. The largest absolute Gasteiger partial charge is 0.479 e. The van der Waals surface area contributed by atoms with Gasteiger partial charge in [0.15, 0.2) is 11.5 Å². The Labute approximate surface area is 117 Å². The number of rotatable bonds is 4. The molecule has 2 heterocycles. The molecule has 10 heteroatoms. The van der Waals surface area contributed by atoms with Crippen molar-refractivity contribution < 1.29 is 29.0 Å². The summed E-state index contributed by atoms with van der Waals surface area (Å²) in [6, 6.07) is 2.80. The summed E-state index contributed by atoms with van der Waals surface area (Å²) in [4.78, 5) is 33.1. The fourth-order valence-corrected chi connectivity index (χ4v) is 2.51. The lowest BCUT2D eigenvalue weighted by Crippen LogP contribution is -2.17. The minimum Gasteiger partial charge on any atom is -0.479 e. The van der Waals surface area contributed by atoms with Gasteiger partial charge in [-0.25, -0.2) is 9.78 Å². The van der Waals surface area contributed by atoms with E-state index in [4.69, 9.17) is 31.2 Å². The van der Waals surface area contributed by atoms with Gasteiger partial charge in [0.25, 0.3) is 0 Å². The quantitative estimate of drug-likeness (QED) is 0.704. The van der Waals surface area contributed by atoms with E-state index >= 15 is 0 Å². The molecule has 8 nitrogen and oxygen atoms in total. The summed E-state index contributed by atoms with van der Waals surface area (Å²) in [5.74, 6) is -1.28. The van der Waals surface area contributed by atoms with E-state index in [1.54, 1.807) is 0 Å². The molecule has 0 aliphatic rings. The molecule has 1 atom stereocenters. The van der Waals surface area contributed by atoms with Gasteiger partial charge in [-0.05, 0) is 12.1 Å². The zero-order valence-electron chi connectivity index (χ0n) is 10.1. The molecule has 0 aromatic carbocycles. The van der Waals surface area contributed by atoms with Gasteiger partial charge in [0.2, 0.25) is 0 Å². The number of methoxy groups -OCH3 is 1. The number of halogens is 1. The molecule has 0 bridgehead atoms. The third-order valence-electron chi connectivity index (χ3n) is 2.61. The van der Waals surface area contributed by atoms with Crippen LogP contribution in [0.3, 0.4) is 0 Å². The summed E-state index contributed by atoms with van der Waals surface area (Å²) in [6.07, 6.45) is -0.336. The first-order valence-electron chi connectivity index (χ1n) is 5.25. The molecular weight excluding hydrogens is 311 g/mol. The molecule has 1 unspecified atom stereocenters. The predicted molar refractivity (Wildman–Crippen MR) is 69.3 cm³/mol. The van der Waals surface area contributed by atoms with Crippen molar-refractivity contribution in [2.45, 2.75) is 6.10 Å². The van der Waals surface area contributed by atoms with E-state index in [2.05, 4.69) is 4.98 Å². The standard InChI is InChI=1S/C10H10ClN2O6P/c1-19-9(10(14)15)8-5(11)2-3-6-12-7(4-13(6)8)20(16,17)18/h2-4,9H,1H3,(H,14,15)(H2,16,17,18). The van der Waals surface area contributed by atoms with E-state index in [1.165, 1.54) is 23.6 Å². The van der Waals surface area contributed by atoms with Crippen LogP contribution >= 0.6 is 19.2 Å². The summed E-state index contributed by atoms with van der Waals surface area (Å²) in [7, 11) is -3.36. The van der Waals surface area contributed by atoms with E-state index in [1.807, 2.05) is 0 Å². The fraction of sp³-hybridized carbons (Fsp3) is 0.200. The number of carbonyl (C=O) groups is 1. The molecule has 0 aliphatic carbocycles. The van der Waals surface area contributed by atoms with Crippen molar-refractivity contribution >= 4 is 36.2 Å². The first-order chi connectivity index (χ1) is 9.25. The zero-order valence-corrected chi connectivity index (χ0v) is 11.7. The molecule has 0 aliphatic heterocycles. The lowest BCUT2D eigenvalue weighted by Gasteiger charge is -2.14. The highest BCUT2D eigenvalue weighted by molar-refractivity contribution is 7.60. The van der Waals surface area contributed by atoms with Gasteiger partial charge in [-0.2, -0.15) is 0 Å². The van der Waals surface area contributed by atoms with Crippen molar-refractivity contribution in [1.82, 2.24) is 9.38 Å². The molecule has 108 valence electrons. The molecule has 0 amide bonds. The van der Waals surface area contributed by atoms with Crippen LogP contribution in [0.2, 0.25) is 5.02 Å². The number of aromatic nitrogens is 2. The monoisotopic (exact) mass is 320 g/mol. The third-order valence-corrected chi connectivity index (χ3v) is 3.74. The summed E-state index contributed by atoms with van der Waals surface area (Å²) < 4.78 is 17.3. The highest BCUT2D eigenvalue weighted by Gasteiger charge is 2.28. The van der Waals surface area contributed by atoms with Crippen LogP contribution in [0.1, 0.15) is 11.8 Å². The number of ether oxygens (including phenoxy) is 1. The second-order valence-corrected chi connectivity index (χ2v) is 5.85. The van der Waals surface area contributed by atoms with E-state index < -0.39 is 25.1 Å².